The summed E-state index contributed by atoms with van der Waals surface area (Å²) in [5, 5.41) is 9.56. The van der Waals surface area contributed by atoms with Crippen LogP contribution in [0.5, 0.6) is 11.5 Å². The number of piperidine rings is 1. The molecular weight excluding hydrogens is 330 g/mol. The SMILES string of the molecule is CC1(C(=O)O)CCCN(C(=O)C2c3ccccc3Oc3ccccc32)C1. The predicted octanol–water partition coefficient (Wildman–Crippen LogP) is 3.64. The monoisotopic (exact) mass is 351 g/mol. The fraction of sp³-hybridized carbons (Fsp3) is 0.333. The van der Waals surface area contributed by atoms with Crippen LogP contribution in [0.1, 0.15) is 36.8 Å². The Morgan fingerprint density at radius 1 is 1.08 bits per heavy atom. The molecule has 5 nitrogen and oxygen atoms in total. The van der Waals surface area contributed by atoms with Gasteiger partial charge in [-0.15, -0.1) is 0 Å². The number of carboxylic acid groups (broad SMARTS) is 1. The quantitative estimate of drug-likeness (QED) is 0.897. The number of benzene rings is 2. The van der Waals surface area contributed by atoms with Gasteiger partial charge in [-0.1, -0.05) is 36.4 Å². The van der Waals surface area contributed by atoms with Crippen LogP contribution in [0.3, 0.4) is 0 Å². The van der Waals surface area contributed by atoms with Crippen LogP contribution in [0.25, 0.3) is 0 Å². The Balaban J connectivity index is 1.73. The van der Waals surface area contributed by atoms with Crippen LogP contribution >= 0.6 is 0 Å². The Morgan fingerprint density at radius 3 is 2.23 bits per heavy atom. The Morgan fingerprint density at radius 2 is 1.65 bits per heavy atom. The van der Waals surface area contributed by atoms with Crippen LogP contribution in [-0.4, -0.2) is 35.0 Å². The van der Waals surface area contributed by atoms with Gasteiger partial charge >= 0.3 is 5.97 Å². The van der Waals surface area contributed by atoms with Gasteiger partial charge in [-0.25, -0.2) is 0 Å². The van der Waals surface area contributed by atoms with Gasteiger partial charge in [0, 0.05) is 24.2 Å². The number of fused-ring (bicyclic) bond motifs is 2. The van der Waals surface area contributed by atoms with E-state index >= 15 is 0 Å². The smallest absolute Gasteiger partial charge is 0.311 e. The van der Waals surface area contributed by atoms with Gasteiger partial charge < -0.3 is 14.7 Å². The molecule has 1 N–H and O–H groups in total. The normalized spacial score (nSPS) is 22.1. The van der Waals surface area contributed by atoms with Crippen molar-refractivity contribution >= 4 is 11.9 Å². The molecule has 134 valence electrons. The summed E-state index contributed by atoms with van der Waals surface area (Å²) in [6, 6.07) is 15.1. The van der Waals surface area contributed by atoms with Crippen LogP contribution < -0.4 is 4.74 Å². The molecule has 0 saturated carbocycles. The first-order valence-electron chi connectivity index (χ1n) is 8.87. The number of rotatable bonds is 2. The average molecular weight is 351 g/mol. The van der Waals surface area contributed by atoms with E-state index in [1.165, 1.54) is 0 Å². The van der Waals surface area contributed by atoms with Crippen molar-refractivity contribution in [1.82, 2.24) is 4.90 Å². The van der Waals surface area contributed by atoms with Crippen molar-refractivity contribution in [2.75, 3.05) is 13.1 Å². The van der Waals surface area contributed by atoms with E-state index in [2.05, 4.69) is 0 Å². The molecule has 1 saturated heterocycles. The summed E-state index contributed by atoms with van der Waals surface area (Å²) in [4.78, 5) is 26.8. The van der Waals surface area contributed by atoms with Gasteiger partial charge in [0.2, 0.25) is 5.91 Å². The van der Waals surface area contributed by atoms with Gasteiger partial charge in [-0.3, -0.25) is 9.59 Å². The summed E-state index contributed by atoms with van der Waals surface area (Å²) >= 11 is 0. The molecule has 2 aliphatic rings. The minimum Gasteiger partial charge on any atom is -0.481 e. The van der Waals surface area contributed by atoms with Crippen molar-refractivity contribution in [2.24, 2.45) is 5.41 Å². The minimum atomic E-state index is -0.891. The lowest BCUT2D eigenvalue weighted by Gasteiger charge is -2.40. The number of carboxylic acids is 1. The maximum Gasteiger partial charge on any atom is 0.311 e. The Kier molecular flexibility index (Phi) is 3.94. The maximum atomic E-state index is 13.5. The molecule has 2 aromatic carbocycles. The van der Waals surface area contributed by atoms with Crippen molar-refractivity contribution in [3.05, 3.63) is 59.7 Å². The number of aliphatic carboxylic acids is 1. The lowest BCUT2D eigenvalue weighted by atomic mass is 9.80. The van der Waals surface area contributed by atoms with Crippen molar-refractivity contribution in [1.29, 1.82) is 0 Å². The number of likely N-dealkylation sites (tertiary alicyclic amines) is 1. The number of hydrogen-bond donors (Lipinski definition) is 1. The Hall–Kier alpha value is -2.82. The average Bonchev–Trinajstić information content (AvgIpc) is 2.65. The van der Waals surface area contributed by atoms with Gasteiger partial charge in [-0.05, 0) is 31.9 Å². The highest BCUT2D eigenvalue weighted by Crippen LogP contribution is 2.45. The minimum absolute atomic E-state index is 0.0552. The largest absolute Gasteiger partial charge is 0.481 e. The van der Waals surface area contributed by atoms with Gasteiger partial charge in [0.25, 0.3) is 0 Å². The first-order valence-corrected chi connectivity index (χ1v) is 8.87. The van der Waals surface area contributed by atoms with E-state index in [0.29, 0.717) is 30.9 Å². The maximum absolute atomic E-state index is 13.5. The summed E-state index contributed by atoms with van der Waals surface area (Å²) in [7, 11) is 0. The molecule has 2 aliphatic heterocycles. The van der Waals surface area contributed by atoms with E-state index < -0.39 is 17.3 Å². The van der Waals surface area contributed by atoms with Crippen LogP contribution in [0, 0.1) is 5.41 Å². The van der Waals surface area contributed by atoms with Crippen molar-refractivity contribution in [3.63, 3.8) is 0 Å². The van der Waals surface area contributed by atoms with Crippen molar-refractivity contribution in [3.8, 4) is 11.5 Å². The number of carbonyl (C=O) groups is 2. The first kappa shape index (κ1) is 16.6. The molecule has 1 atom stereocenters. The van der Waals surface area contributed by atoms with E-state index in [9.17, 15) is 14.7 Å². The van der Waals surface area contributed by atoms with E-state index in [0.717, 1.165) is 11.1 Å². The zero-order valence-electron chi connectivity index (χ0n) is 14.6. The van der Waals surface area contributed by atoms with E-state index in [1.54, 1.807) is 11.8 Å². The molecule has 5 heteroatoms. The van der Waals surface area contributed by atoms with Crippen LogP contribution in [0.2, 0.25) is 0 Å². The topological polar surface area (TPSA) is 66.8 Å². The van der Waals surface area contributed by atoms with E-state index in [4.69, 9.17) is 4.74 Å². The fourth-order valence-electron chi connectivity index (χ4n) is 3.96. The summed E-state index contributed by atoms with van der Waals surface area (Å²) in [6.45, 7) is 2.55. The number of amides is 1. The highest BCUT2D eigenvalue weighted by atomic mass is 16.5. The molecule has 1 amide bonds. The molecule has 26 heavy (non-hydrogen) atoms. The van der Waals surface area contributed by atoms with Gasteiger partial charge in [0.1, 0.15) is 11.5 Å². The van der Waals surface area contributed by atoms with E-state index in [1.807, 2.05) is 48.5 Å². The third-order valence-electron chi connectivity index (χ3n) is 5.45. The molecule has 0 radical (unpaired) electrons. The number of ether oxygens (including phenoxy) is 1. The third-order valence-corrected chi connectivity index (χ3v) is 5.45. The van der Waals surface area contributed by atoms with E-state index in [-0.39, 0.29) is 12.5 Å². The second kappa shape index (κ2) is 6.16. The van der Waals surface area contributed by atoms with Crippen LogP contribution in [-0.2, 0) is 9.59 Å². The molecule has 2 aromatic rings. The summed E-state index contributed by atoms with van der Waals surface area (Å²) in [6.07, 6.45) is 1.29. The molecule has 4 rings (SSSR count). The number of nitrogens with zero attached hydrogens (tertiary/aromatic N) is 1. The second-order valence-electron chi connectivity index (χ2n) is 7.34. The number of hydrogen-bond acceptors (Lipinski definition) is 3. The fourth-order valence-corrected chi connectivity index (χ4v) is 3.96. The summed E-state index contributed by atoms with van der Waals surface area (Å²) in [5.74, 6) is 0.000518. The van der Waals surface area contributed by atoms with Crippen molar-refractivity contribution < 1.29 is 19.4 Å². The molecule has 0 bridgehead atoms. The number of carbonyl (C=O) groups excluding carboxylic acids is 1. The highest BCUT2D eigenvalue weighted by Gasteiger charge is 2.42. The van der Waals surface area contributed by atoms with Crippen LogP contribution in [0.4, 0.5) is 0 Å². The molecule has 2 heterocycles. The molecule has 0 spiro atoms. The third kappa shape index (κ3) is 2.64. The highest BCUT2D eigenvalue weighted by molar-refractivity contribution is 5.90. The predicted molar refractivity (Wildman–Crippen MR) is 96.4 cm³/mol. The summed E-state index contributed by atoms with van der Waals surface area (Å²) < 4.78 is 5.96. The first-order chi connectivity index (χ1) is 12.5. The Bertz CT molecular complexity index is 832. The standard InChI is InChI=1S/C21H21NO4/c1-21(20(24)25)11-6-12-22(13-21)19(23)18-14-7-2-4-9-16(14)26-17-10-5-3-8-15(17)18/h2-5,7-10,18H,6,11-13H2,1H3,(H,24,25). The molecule has 0 aromatic heterocycles. The van der Waals surface area contributed by atoms with Gasteiger partial charge in [-0.2, -0.15) is 0 Å². The van der Waals surface area contributed by atoms with Crippen LogP contribution in [0.15, 0.2) is 48.5 Å². The zero-order chi connectivity index (χ0) is 18.3. The molecular formula is C21H21NO4. The van der Waals surface area contributed by atoms with Gasteiger partial charge in [0.15, 0.2) is 0 Å². The second-order valence-corrected chi connectivity index (χ2v) is 7.34. The Labute approximate surface area is 152 Å². The lowest BCUT2D eigenvalue weighted by molar-refractivity contribution is -0.153. The summed E-state index contributed by atoms with van der Waals surface area (Å²) in [5.41, 5.74) is 0.774. The molecule has 1 unspecified atom stereocenters. The zero-order valence-corrected chi connectivity index (χ0v) is 14.6. The number of para-hydroxylation sites is 2. The van der Waals surface area contributed by atoms with Crippen molar-refractivity contribution in [2.45, 2.75) is 25.7 Å². The molecule has 0 aliphatic carbocycles. The molecule has 1 fully saturated rings. The lowest BCUT2D eigenvalue weighted by Crippen LogP contribution is -2.50. The van der Waals surface area contributed by atoms with Gasteiger partial charge in [0.05, 0.1) is 11.3 Å².